The van der Waals surface area contributed by atoms with Gasteiger partial charge in [0.1, 0.15) is 5.75 Å². The minimum atomic E-state index is -1.14. The second-order valence-corrected chi connectivity index (χ2v) is 5.36. The number of carboxylic acids is 1. The van der Waals surface area contributed by atoms with E-state index in [-0.39, 0.29) is 29.4 Å². The van der Waals surface area contributed by atoms with Crippen molar-refractivity contribution < 1.29 is 28.9 Å². The zero-order valence-corrected chi connectivity index (χ0v) is 14.9. The quantitative estimate of drug-likeness (QED) is 0.752. The highest BCUT2D eigenvalue weighted by Gasteiger charge is 2.18. The molecule has 0 spiro atoms. The number of hydrogen-bond acceptors (Lipinski definition) is 5. The molecule has 2 N–H and O–H groups in total. The monoisotopic (exact) mass is 359 g/mol. The van der Waals surface area contributed by atoms with Gasteiger partial charge in [-0.25, -0.2) is 4.79 Å². The number of aromatic carboxylic acids is 1. The molecule has 0 fully saturated rings. The predicted molar refractivity (Wildman–Crippen MR) is 96.5 cm³/mol. The Hall–Kier alpha value is -3.22. The molecule has 0 aliphatic heterocycles. The summed E-state index contributed by atoms with van der Waals surface area (Å²) < 4.78 is 15.9. The SMILES string of the molecule is CCc1ccccc1OCC(=O)Nc1cc(C(=O)O)cc(OC)c1OC. The second-order valence-electron chi connectivity index (χ2n) is 5.36. The molecular formula is C19H21NO6. The molecule has 26 heavy (non-hydrogen) atoms. The maximum Gasteiger partial charge on any atom is 0.335 e. The van der Waals surface area contributed by atoms with Crippen LogP contribution in [0.4, 0.5) is 5.69 Å². The molecule has 2 aromatic carbocycles. The molecule has 1 amide bonds. The maximum absolute atomic E-state index is 12.3. The minimum Gasteiger partial charge on any atom is -0.493 e. The summed E-state index contributed by atoms with van der Waals surface area (Å²) in [6.07, 6.45) is 0.781. The van der Waals surface area contributed by atoms with E-state index in [9.17, 15) is 14.7 Å². The van der Waals surface area contributed by atoms with Crippen LogP contribution in [0.2, 0.25) is 0 Å². The summed E-state index contributed by atoms with van der Waals surface area (Å²) in [5, 5.41) is 11.8. The first-order valence-corrected chi connectivity index (χ1v) is 8.00. The van der Waals surface area contributed by atoms with Crippen LogP contribution in [0.5, 0.6) is 17.2 Å². The molecule has 0 aliphatic rings. The van der Waals surface area contributed by atoms with Gasteiger partial charge in [-0.3, -0.25) is 4.79 Å². The number of carboxylic acid groups (broad SMARTS) is 1. The molecule has 0 saturated carbocycles. The van der Waals surface area contributed by atoms with Crippen LogP contribution in [0.3, 0.4) is 0 Å². The van der Waals surface area contributed by atoms with Gasteiger partial charge in [-0.15, -0.1) is 0 Å². The fraction of sp³-hybridized carbons (Fsp3) is 0.263. The topological polar surface area (TPSA) is 94.1 Å². The van der Waals surface area contributed by atoms with E-state index >= 15 is 0 Å². The predicted octanol–water partition coefficient (Wildman–Crippen LogP) is 2.98. The summed E-state index contributed by atoms with van der Waals surface area (Å²) in [5.74, 6) is -0.512. The van der Waals surface area contributed by atoms with Gasteiger partial charge in [0.15, 0.2) is 18.1 Å². The Morgan fingerprint density at radius 3 is 2.42 bits per heavy atom. The molecule has 138 valence electrons. The number of hydrogen-bond donors (Lipinski definition) is 2. The van der Waals surface area contributed by atoms with Gasteiger partial charge < -0.3 is 24.6 Å². The summed E-state index contributed by atoms with van der Waals surface area (Å²) in [6.45, 7) is 1.77. The van der Waals surface area contributed by atoms with Crippen LogP contribution in [-0.4, -0.2) is 37.8 Å². The Balaban J connectivity index is 2.17. The number of aryl methyl sites for hydroxylation is 1. The lowest BCUT2D eigenvalue weighted by molar-refractivity contribution is -0.118. The average Bonchev–Trinajstić information content (AvgIpc) is 2.65. The molecule has 0 radical (unpaired) electrons. The lowest BCUT2D eigenvalue weighted by Gasteiger charge is -2.15. The third-order valence-electron chi connectivity index (χ3n) is 3.71. The van der Waals surface area contributed by atoms with Crippen LogP contribution < -0.4 is 19.5 Å². The number of anilines is 1. The smallest absolute Gasteiger partial charge is 0.335 e. The van der Waals surface area contributed by atoms with Crippen LogP contribution in [0, 0.1) is 0 Å². The second kappa shape index (κ2) is 8.75. The van der Waals surface area contributed by atoms with E-state index < -0.39 is 11.9 Å². The summed E-state index contributed by atoms with van der Waals surface area (Å²) in [7, 11) is 2.79. The first kappa shape index (κ1) is 19.1. The fourth-order valence-corrected chi connectivity index (χ4v) is 2.45. The van der Waals surface area contributed by atoms with Crippen LogP contribution in [-0.2, 0) is 11.2 Å². The van der Waals surface area contributed by atoms with Gasteiger partial charge in [-0.05, 0) is 30.2 Å². The number of carbonyl (C=O) groups is 2. The van der Waals surface area contributed by atoms with Crippen molar-refractivity contribution in [3.63, 3.8) is 0 Å². The van der Waals surface area contributed by atoms with E-state index in [1.54, 1.807) is 6.07 Å². The highest BCUT2D eigenvalue weighted by molar-refractivity contribution is 5.97. The van der Waals surface area contributed by atoms with E-state index in [1.165, 1.54) is 26.4 Å². The number of para-hydroxylation sites is 1. The van der Waals surface area contributed by atoms with Crippen molar-refractivity contribution in [3.05, 3.63) is 47.5 Å². The van der Waals surface area contributed by atoms with E-state index in [0.29, 0.717) is 5.75 Å². The Morgan fingerprint density at radius 2 is 1.81 bits per heavy atom. The van der Waals surface area contributed by atoms with Gasteiger partial charge in [0, 0.05) is 0 Å². The summed E-state index contributed by atoms with van der Waals surface area (Å²) in [5.41, 5.74) is 1.16. The fourth-order valence-electron chi connectivity index (χ4n) is 2.45. The standard InChI is InChI=1S/C19H21NO6/c1-4-12-7-5-6-8-15(12)26-11-17(21)20-14-9-13(19(22)23)10-16(24-2)18(14)25-3/h5-10H,4,11H2,1-3H3,(H,20,21)(H,22,23). The van der Waals surface area contributed by atoms with Crippen molar-refractivity contribution in [2.24, 2.45) is 0 Å². The molecule has 7 heteroatoms. The van der Waals surface area contributed by atoms with Crippen LogP contribution >= 0.6 is 0 Å². The highest BCUT2D eigenvalue weighted by atomic mass is 16.5. The third-order valence-corrected chi connectivity index (χ3v) is 3.71. The van der Waals surface area contributed by atoms with E-state index in [4.69, 9.17) is 14.2 Å². The zero-order valence-electron chi connectivity index (χ0n) is 14.9. The third kappa shape index (κ3) is 4.44. The number of amides is 1. The van der Waals surface area contributed by atoms with Crippen molar-refractivity contribution in [2.45, 2.75) is 13.3 Å². The molecule has 0 heterocycles. The Bertz CT molecular complexity index is 803. The van der Waals surface area contributed by atoms with Crippen LogP contribution in [0.25, 0.3) is 0 Å². The Labute approximate surface area is 151 Å². The molecule has 0 atom stereocenters. The van der Waals surface area contributed by atoms with Crippen molar-refractivity contribution in [2.75, 3.05) is 26.1 Å². The number of ether oxygens (including phenoxy) is 3. The van der Waals surface area contributed by atoms with E-state index in [2.05, 4.69) is 5.32 Å². The molecule has 2 aromatic rings. The first-order valence-electron chi connectivity index (χ1n) is 8.00. The molecule has 2 rings (SSSR count). The molecule has 0 unspecified atom stereocenters. The number of benzene rings is 2. The normalized spacial score (nSPS) is 10.1. The van der Waals surface area contributed by atoms with Gasteiger partial charge in [0.2, 0.25) is 0 Å². The summed E-state index contributed by atoms with van der Waals surface area (Å²) in [6, 6.07) is 10.1. The largest absolute Gasteiger partial charge is 0.493 e. The zero-order chi connectivity index (χ0) is 19.1. The minimum absolute atomic E-state index is 0.0322. The number of rotatable bonds is 8. The van der Waals surface area contributed by atoms with Crippen molar-refractivity contribution in [1.29, 1.82) is 0 Å². The number of nitrogens with one attached hydrogen (secondary N) is 1. The van der Waals surface area contributed by atoms with Gasteiger partial charge in [0.05, 0.1) is 25.5 Å². The van der Waals surface area contributed by atoms with E-state index in [0.717, 1.165) is 12.0 Å². The number of methoxy groups -OCH3 is 2. The molecular weight excluding hydrogens is 338 g/mol. The molecule has 0 bridgehead atoms. The van der Waals surface area contributed by atoms with Crippen molar-refractivity contribution in [3.8, 4) is 17.2 Å². The first-order chi connectivity index (χ1) is 12.5. The van der Waals surface area contributed by atoms with Crippen molar-refractivity contribution in [1.82, 2.24) is 0 Å². The molecule has 7 nitrogen and oxygen atoms in total. The van der Waals surface area contributed by atoms with Gasteiger partial charge in [-0.2, -0.15) is 0 Å². The lowest BCUT2D eigenvalue weighted by atomic mass is 10.1. The average molecular weight is 359 g/mol. The van der Waals surface area contributed by atoms with Gasteiger partial charge >= 0.3 is 5.97 Å². The van der Waals surface area contributed by atoms with Gasteiger partial charge in [-0.1, -0.05) is 25.1 Å². The van der Waals surface area contributed by atoms with E-state index in [1.807, 2.05) is 25.1 Å². The number of carbonyl (C=O) groups excluding carboxylic acids is 1. The summed E-state index contributed by atoms with van der Waals surface area (Å²) in [4.78, 5) is 23.5. The molecule has 0 saturated heterocycles. The highest BCUT2D eigenvalue weighted by Crippen LogP contribution is 2.36. The molecule has 0 aliphatic carbocycles. The van der Waals surface area contributed by atoms with Crippen molar-refractivity contribution >= 4 is 17.6 Å². The Kier molecular flexibility index (Phi) is 6.43. The maximum atomic E-state index is 12.3. The van der Waals surface area contributed by atoms with Gasteiger partial charge in [0.25, 0.3) is 5.91 Å². The van der Waals surface area contributed by atoms with Crippen LogP contribution in [0.1, 0.15) is 22.8 Å². The summed E-state index contributed by atoms with van der Waals surface area (Å²) >= 11 is 0. The Morgan fingerprint density at radius 1 is 1.08 bits per heavy atom. The van der Waals surface area contributed by atoms with Crippen LogP contribution in [0.15, 0.2) is 36.4 Å². The lowest BCUT2D eigenvalue weighted by Crippen LogP contribution is -2.21. The molecule has 0 aromatic heterocycles.